The molecular formula is C21H22N4O4S. The lowest BCUT2D eigenvalue weighted by Gasteiger charge is -2.34. The van der Waals surface area contributed by atoms with Crippen molar-refractivity contribution in [3.8, 4) is 0 Å². The molecule has 0 bridgehead atoms. The molecule has 0 atom stereocenters. The number of sulfonamides is 1. The van der Waals surface area contributed by atoms with Crippen LogP contribution >= 0.6 is 0 Å². The first-order valence-electron chi connectivity index (χ1n) is 9.61. The Bertz CT molecular complexity index is 1270. The molecule has 9 heteroatoms. The number of hydrogen-bond acceptors (Lipinski definition) is 5. The van der Waals surface area contributed by atoms with Crippen LogP contribution < -0.4 is 5.56 Å². The fourth-order valence-electron chi connectivity index (χ4n) is 3.60. The number of carbonyl (C=O) groups excluding carboxylic acids is 1. The fraction of sp³-hybridized carbons (Fsp3) is 0.286. The molecule has 1 aliphatic heterocycles. The zero-order chi connectivity index (χ0) is 21.5. The largest absolute Gasteiger partial charge is 0.335 e. The fourth-order valence-corrected chi connectivity index (χ4v) is 5.02. The monoisotopic (exact) mass is 426 g/mol. The first-order chi connectivity index (χ1) is 14.3. The molecule has 0 unspecified atom stereocenters. The van der Waals surface area contributed by atoms with Gasteiger partial charge in [0.05, 0.1) is 10.3 Å². The molecule has 1 saturated heterocycles. The van der Waals surface area contributed by atoms with E-state index in [-0.39, 0.29) is 48.2 Å². The lowest BCUT2D eigenvalue weighted by atomic mass is 10.1. The standard InChI is InChI=1S/C21H22N4O4S/c1-15-7-9-16(10-8-15)30(28,29)25-13-11-24(12-14-25)21(27)19-17-5-3-4-6-18(17)20(26)23(2)22-19/h3-10H,11-14H2,1-2H3. The molecule has 0 aliphatic carbocycles. The van der Waals surface area contributed by atoms with E-state index in [9.17, 15) is 18.0 Å². The molecule has 0 radical (unpaired) electrons. The van der Waals surface area contributed by atoms with Gasteiger partial charge in [-0.15, -0.1) is 0 Å². The first-order valence-corrected chi connectivity index (χ1v) is 11.1. The summed E-state index contributed by atoms with van der Waals surface area (Å²) in [7, 11) is -2.09. The Labute approximate surface area is 174 Å². The summed E-state index contributed by atoms with van der Waals surface area (Å²) in [6.07, 6.45) is 0. The van der Waals surface area contributed by atoms with Crippen molar-refractivity contribution >= 4 is 26.7 Å². The highest BCUT2D eigenvalue weighted by molar-refractivity contribution is 7.89. The minimum atomic E-state index is -3.61. The maximum absolute atomic E-state index is 13.1. The lowest BCUT2D eigenvalue weighted by molar-refractivity contribution is 0.0691. The Morgan fingerprint density at radius 3 is 2.17 bits per heavy atom. The predicted molar refractivity (Wildman–Crippen MR) is 113 cm³/mol. The average molecular weight is 426 g/mol. The van der Waals surface area contributed by atoms with E-state index in [1.165, 1.54) is 11.4 Å². The molecule has 1 fully saturated rings. The SMILES string of the molecule is Cc1ccc(S(=O)(=O)N2CCN(C(=O)c3nn(C)c(=O)c4ccccc34)CC2)cc1. The van der Waals surface area contributed by atoms with Crippen LogP contribution in [0.3, 0.4) is 0 Å². The van der Waals surface area contributed by atoms with Gasteiger partial charge in [-0.05, 0) is 25.1 Å². The summed E-state index contributed by atoms with van der Waals surface area (Å²) in [5.41, 5.74) is 0.917. The second kappa shape index (κ2) is 7.66. The summed E-state index contributed by atoms with van der Waals surface area (Å²) in [6, 6.07) is 13.6. The number of fused-ring (bicyclic) bond motifs is 1. The molecule has 8 nitrogen and oxygen atoms in total. The van der Waals surface area contributed by atoms with Crippen LogP contribution in [0.25, 0.3) is 10.8 Å². The number of aromatic nitrogens is 2. The number of aryl methyl sites for hydroxylation is 2. The summed E-state index contributed by atoms with van der Waals surface area (Å²) in [6.45, 7) is 2.81. The number of nitrogens with zero attached hydrogens (tertiary/aromatic N) is 4. The highest BCUT2D eigenvalue weighted by atomic mass is 32.2. The highest BCUT2D eigenvalue weighted by Gasteiger charge is 2.31. The normalized spacial score (nSPS) is 15.5. The quantitative estimate of drug-likeness (QED) is 0.631. The maximum atomic E-state index is 13.1. The molecule has 2 aromatic carbocycles. The van der Waals surface area contributed by atoms with Crippen LogP contribution in [0.5, 0.6) is 0 Å². The van der Waals surface area contributed by atoms with Gasteiger partial charge in [-0.2, -0.15) is 9.40 Å². The van der Waals surface area contributed by atoms with E-state index in [1.54, 1.807) is 53.4 Å². The van der Waals surface area contributed by atoms with Crippen LogP contribution in [0.2, 0.25) is 0 Å². The van der Waals surface area contributed by atoms with Crippen molar-refractivity contribution in [2.45, 2.75) is 11.8 Å². The van der Waals surface area contributed by atoms with Crippen molar-refractivity contribution in [2.75, 3.05) is 26.2 Å². The van der Waals surface area contributed by atoms with E-state index >= 15 is 0 Å². The third-order valence-corrected chi connectivity index (χ3v) is 7.26. The Balaban J connectivity index is 1.56. The summed E-state index contributed by atoms with van der Waals surface area (Å²) in [5, 5.41) is 5.11. The van der Waals surface area contributed by atoms with Crippen LogP contribution in [-0.2, 0) is 17.1 Å². The van der Waals surface area contributed by atoms with Crippen molar-refractivity contribution in [3.05, 3.63) is 70.1 Å². The highest BCUT2D eigenvalue weighted by Crippen LogP contribution is 2.20. The van der Waals surface area contributed by atoms with E-state index in [1.807, 2.05) is 6.92 Å². The Morgan fingerprint density at radius 2 is 1.53 bits per heavy atom. The Hall–Kier alpha value is -3.04. The van der Waals surface area contributed by atoms with Crippen molar-refractivity contribution in [2.24, 2.45) is 7.05 Å². The minimum absolute atomic E-state index is 0.197. The van der Waals surface area contributed by atoms with Crippen molar-refractivity contribution < 1.29 is 13.2 Å². The summed E-state index contributed by atoms with van der Waals surface area (Å²) in [5.74, 6) is -0.311. The molecule has 2 heterocycles. The van der Waals surface area contributed by atoms with E-state index in [0.717, 1.165) is 10.2 Å². The molecular weight excluding hydrogens is 404 g/mol. The Morgan fingerprint density at radius 1 is 0.933 bits per heavy atom. The van der Waals surface area contributed by atoms with Crippen molar-refractivity contribution in [1.82, 2.24) is 19.0 Å². The van der Waals surface area contributed by atoms with Crippen LogP contribution in [0.1, 0.15) is 16.1 Å². The van der Waals surface area contributed by atoms with E-state index < -0.39 is 10.0 Å². The van der Waals surface area contributed by atoms with Gasteiger partial charge in [0.15, 0.2) is 5.69 Å². The number of hydrogen-bond donors (Lipinski definition) is 0. The molecule has 30 heavy (non-hydrogen) atoms. The van der Waals surface area contributed by atoms with Gasteiger partial charge in [0, 0.05) is 38.6 Å². The van der Waals surface area contributed by atoms with Crippen LogP contribution in [0.4, 0.5) is 0 Å². The van der Waals surface area contributed by atoms with Crippen molar-refractivity contribution in [3.63, 3.8) is 0 Å². The number of carbonyl (C=O) groups is 1. The van der Waals surface area contributed by atoms with Gasteiger partial charge in [-0.25, -0.2) is 13.1 Å². The van der Waals surface area contributed by atoms with Crippen LogP contribution in [-0.4, -0.2) is 59.5 Å². The van der Waals surface area contributed by atoms with Gasteiger partial charge in [0.25, 0.3) is 11.5 Å². The number of rotatable bonds is 3. The summed E-state index contributed by atoms with van der Waals surface area (Å²) in [4.78, 5) is 27.2. The van der Waals surface area contributed by atoms with Gasteiger partial charge >= 0.3 is 0 Å². The van der Waals surface area contributed by atoms with E-state index in [4.69, 9.17) is 0 Å². The molecule has 0 saturated carbocycles. The van der Waals surface area contributed by atoms with Crippen LogP contribution in [0, 0.1) is 6.92 Å². The van der Waals surface area contributed by atoms with Crippen LogP contribution in [0.15, 0.2) is 58.2 Å². The van der Waals surface area contributed by atoms with Crippen molar-refractivity contribution in [1.29, 1.82) is 0 Å². The lowest BCUT2D eigenvalue weighted by Crippen LogP contribution is -2.50. The zero-order valence-corrected chi connectivity index (χ0v) is 17.6. The molecule has 1 aliphatic rings. The number of piperazine rings is 1. The number of benzene rings is 2. The third kappa shape index (κ3) is 3.50. The van der Waals surface area contributed by atoms with Gasteiger partial charge in [0.2, 0.25) is 10.0 Å². The van der Waals surface area contributed by atoms with Gasteiger partial charge in [-0.3, -0.25) is 9.59 Å². The van der Waals surface area contributed by atoms with E-state index in [0.29, 0.717) is 10.8 Å². The second-order valence-corrected chi connectivity index (χ2v) is 9.27. The van der Waals surface area contributed by atoms with E-state index in [2.05, 4.69) is 5.10 Å². The first kappa shape index (κ1) is 20.2. The molecule has 3 aromatic rings. The molecule has 1 aromatic heterocycles. The second-order valence-electron chi connectivity index (χ2n) is 7.33. The molecule has 0 spiro atoms. The molecule has 156 valence electrons. The summed E-state index contributed by atoms with van der Waals surface area (Å²) >= 11 is 0. The molecule has 0 N–H and O–H groups in total. The average Bonchev–Trinajstić information content (AvgIpc) is 2.76. The maximum Gasteiger partial charge on any atom is 0.275 e. The zero-order valence-electron chi connectivity index (χ0n) is 16.8. The minimum Gasteiger partial charge on any atom is -0.335 e. The van der Waals surface area contributed by atoms with Gasteiger partial charge < -0.3 is 4.90 Å². The summed E-state index contributed by atoms with van der Waals surface area (Å²) < 4.78 is 28.3. The Kier molecular flexibility index (Phi) is 5.17. The smallest absolute Gasteiger partial charge is 0.275 e. The third-order valence-electron chi connectivity index (χ3n) is 5.34. The van der Waals surface area contributed by atoms with Gasteiger partial charge in [-0.1, -0.05) is 35.9 Å². The molecule has 4 rings (SSSR count). The predicted octanol–water partition coefficient (Wildman–Crippen LogP) is 1.39. The number of amides is 1. The van der Waals surface area contributed by atoms with Gasteiger partial charge in [0.1, 0.15) is 0 Å². The molecule has 1 amide bonds. The topological polar surface area (TPSA) is 92.6 Å².